The minimum Gasteiger partial charge on any atom is -0.497 e. The Morgan fingerprint density at radius 1 is 1.14 bits per heavy atom. The highest BCUT2D eigenvalue weighted by Crippen LogP contribution is 2.25. The van der Waals surface area contributed by atoms with Gasteiger partial charge in [0.2, 0.25) is 15.9 Å². The predicted octanol–water partition coefficient (Wildman–Crippen LogP) is 2.35. The van der Waals surface area contributed by atoms with E-state index in [1.54, 1.807) is 24.3 Å². The maximum absolute atomic E-state index is 12.5. The third-order valence-electron chi connectivity index (χ3n) is 4.09. The molecular formula is C20H26N2O5S. The summed E-state index contributed by atoms with van der Waals surface area (Å²) in [7, 11) is -2.19. The average Bonchev–Trinajstić information content (AvgIpc) is 2.65. The van der Waals surface area contributed by atoms with E-state index in [1.165, 1.54) is 14.0 Å². The number of aryl methyl sites for hydroxylation is 1. The molecule has 0 heterocycles. The summed E-state index contributed by atoms with van der Waals surface area (Å²) in [6.45, 7) is 4.06. The van der Waals surface area contributed by atoms with E-state index in [9.17, 15) is 13.2 Å². The van der Waals surface area contributed by atoms with Gasteiger partial charge < -0.3 is 14.8 Å². The van der Waals surface area contributed by atoms with Crippen LogP contribution in [0.4, 0.5) is 5.69 Å². The van der Waals surface area contributed by atoms with Crippen molar-refractivity contribution in [1.29, 1.82) is 0 Å². The summed E-state index contributed by atoms with van der Waals surface area (Å²) in [6.07, 6.45) is 1.07. The Balaban J connectivity index is 2.00. The Bertz CT molecular complexity index is 897. The number of rotatable bonds is 9. The first-order valence-electron chi connectivity index (χ1n) is 8.83. The van der Waals surface area contributed by atoms with Crippen LogP contribution in [0.2, 0.25) is 0 Å². The number of benzene rings is 2. The van der Waals surface area contributed by atoms with Crippen LogP contribution in [0.15, 0.2) is 48.5 Å². The molecule has 0 bridgehead atoms. The molecule has 2 aromatic carbocycles. The molecule has 28 heavy (non-hydrogen) atoms. The molecule has 0 aromatic heterocycles. The smallest absolute Gasteiger partial charge is 0.243 e. The van der Waals surface area contributed by atoms with Gasteiger partial charge in [-0.3, -0.25) is 9.10 Å². The fourth-order valence-corrected chi connectivity index (χ4v) is 3.85. The second-order valence-electron chi connectivity index (χ2n) is 6.39. The zero-order valence-electron chi connectivity index (χ0n) is 16.5. The highest BCUT2D eigenvalue weighted by atomic mass is 32.2. The molecular weight excluding hydrogens is 380 g/mol. The number of carbonyl (C=O) groups is 1. The third kappa shape index (κ3) is 5.88. The molecule has 0 spiro atoms. The van der Waals surface area contributed by atoms with Gasteiger partial charge in [-0.1, -0.05) is 23.8 Å². The number of sulfonamides is 1. The van der Waals surface area contributed by atoms with Crippen LogP contribution >= 0.6 is 0 Å². The number of hydrogen-bond acceptors (Lipinski definition) is 5. The summed E-state index contributed by atoms with van der Waals surface area (Å²) in [4.78, 5) is 12.5. The van der Waals surface area contributed by atoms with Gasteiger partial charge >= 0.3 is 0 Å². The molecule has 0 aliphatic carbocycles. The molecule has 0 unspecified atom stereocenters. The van der Waals surface area contributed by atoms with E-state index >= 15 is 0 Å². The maximum Gasteiger partial charge on any atom is 0.243 e. The van der Waals surface area contributed by atoms with Crippen molar-refractivity contribution in [3.05, 3.63) is 54.1 Å². The van der Waals surface area contributed by atoms with Crippen molar-refractivity contribution in [1.82, 2.24) is 5.32 Å². The quantitative estimate of drug-likeness (QED) is 0.646. The van der Waals surface area contributed by atoms with Gasteiger partial charge in [0, 0.05) is 6.07 Å². The lowest BCUT2D eigenvalue weighted by atomic mass is 10.2. The average molecular weight is 407 g/mol. The highest BCUT2D eigenvalue weighted by molar-refractivity contribution is 7.92. The number of carbonyl (C=O) groups excluding carboxylic acids is 1. The largest absolute Gasteiger partial charge is 0.497 e. The number of nitrogens with one attached hydrogen (secondary N) is 1. The van der Waals surface area contributed by atoms with Gasteiger partial charge in [-0.25, -0.2) is 8.42 Å². The Kier molecular flexibility index (Phi) is 7.28. The van der Waals surface area contributed by atoms with E-state index in [4.69, 9.17) is 9.47 Å². The van der Waals surface area contributed by atoms with Crippen molar-refractivity contribution in [2.45, 2.75) is 19.9 Å². The van der Waals surface area contributed by atoms with Gasteiger partial charge in [-0.15, -0.1) is 0 Å². The van der Waals surface area contributed by atoms with Crippen molar-refractivity contribution >= 4 is 21.6 Å². The molecule has 2 rings (SSSR count). The van der Waals surface area contributed by atoms with Crippen LogP contribution < -0.4 is 19.1 Å². The van der Waals surface area contributed by atoms with E-state index in [2.05, 4.69) is 5.32 Å². The summed E-state index contributed by atoms with van der Waals surface area (Å²) in [5.74, 6) is 0.799. The van der Waals surface area contributed by atoms with Gasteiger partial charge in [0.15, 0.2) is 0 Å². The normalized spacial score (nSPS) is 12.1. The van der Waals surface area contributed by atoms with Gasteiger partial charge in [-0.2, -0.15) is 0 Å². The fraction of sp³-hybridized carbons (Fsp3) is 0.350. The molecule has 0 aliphatic rings. The molecule has 0 saturated carbocycles. The van der Waals surface area contributed by atoms with E-state index in [0.29, 0.717) is 17.2 Å². The van der Waals surface area contributed by atoms with Gasteiger partial charge in [0.1, 0.15) is 24.1 Å². The molecule has 8 heteroatoms. The molecule has 1 amide bonds. The SMILES string of the molecule is COc1cccc(N([C@@H](C)C(=O)NCCOc2ccc(C)cc2)S(C)(=O)=O)c1. The zero-order valence-corrected chi connectivity index (χ0v) is 17.3. The van der Waals surface area contributed by atoms with Crippen LogP contribution in [0.1, 0.15) is 12.5 Å². The third-order valence-corrected chi connectivity index (χ3v) is 5.33. The first-order chi connectivity index (χ1) is 13.2. The van der Waals surface area contributed by atoms with Crippen molar-refractivity contribution in [2.24, 2.45) is 0 Å². The molecule has 1 atom stereocenters. The highest BCUT2D eigenvalue weighted by Gasteiger charge is 2.29. The lowest BCUT2D eigenvalue weighted by molar-refractivity contribution is -0.121. The number of amides is 1. The van der Waals surface area contributed by atoms with Crippen molar-refractivity contribution in [3.8, 4) is 11.5 Å². The van der Waals surface area contributed by atoms with Crippen molar-refractivity contribution in [3.63, 3.8) is 0 Å². The molecule has 0 saturated heterocycles. The minimum absolute atomic E-state index is 0.257. The second-order valence-corrected chi connectivity index (χ2v) is 8.25. The Hall–Kier alpha value is -2.74. The second kappa shape index (κ2) is 9.45. The Morgan fingerprint density at radius 3 is 2.43 bits per heavy atom. The predicted molar refractivity (Wildman–Crippen MR) is 109 cm³/mol. The summed E-state index contributed by atoms with van der Waals surface area (Å²) in [5.41, 5.74) is 1.49. The monoisotopic (exact) mass is 406 g/mol. The van der Waals surface area contributed by atoms with Crippen LogP contribution in [0.3, 0.4) is 0 Å². The number of anilines is 1. The number of nitrogens with zero attached hydrogens (tertiary/aromatic N) is 1. The van der Waals surface area contributed by atoms with Crippen molar-refractivity contribution < 1.29 is 22.7 Å². The van der Waals surface area contributed by atoms with E-state index in [-0.39, 0.29) is 13.2 Å². The van der Waals surface area contributed by atoms with Crippen LogP contribution in [0, 0.1) is 6.92 Å². The van der Waals surface area contributed by atoms with Crippen LogP contribution in [0.25, 0.3) is 0 Å². The van der Waals surface area contributed by atoms with Gasteiger partial charge in [0.05, 0.1) is 25.6 Å². The van der Waals surface area contributed by atoms with Gasteiger partial charge in [-0.05, 0) is 38.1 Å². The maximum atomic E-state index is 12.5. The number of methoxy groups -OCH3 is 1. The van der Waals surface area contributed by atoms with Crippen molar-refractivity contribution in [2.75, 3.05) is 30.8 Å². The first-order valence-corrected chi connectivity index (χ1v) is 10.7. The lowest BCUT2D eigenvalue weighted by Gasteiger charge is -2.28. The first kappa shape index (κ1) is 21.6. The summed E-state index contributed by atoms with van der Waals surface area (Å²) in [5, 5.41) is 2.71. The standard InChI is InChI=1S/C20H26N2O5S/c1-15-8-10-18(11-9-15)27-13-12-21-20(23)16(2)22(28(4,24)25)17-6-5-7-19(14-17)26-3/h5-11,14,16H,12-13H2,1-4H3,(H,21,23)/t16-/m0/s1. The molecule has 0 fully saturated rings. The van der Waals surface area contributed by atoms with Crippen LogP contribution in [-0.2, 0) is 14.8 Å². The molecule has 0 aliphatic heterocycles. The molecule has 2 aromatic rings. The van der Waals surface area contributed by atoms with E-state index < -0.39 is 22.0 Å². The summed E-state index contributed by atoms with van der Waals surface area (Å²) in [6, 6.07) is 13.2. The fourth-order valence-electron chi connectivity index (χ4n) is 2.68. The number of hydrogen-bond donors (Lipinski definition) is 1. The Labute approximate surface area is 166 Å². The topological polar surface area (TPSA) is 84.9 Å². The summed E-state index contributed by atoms with van der Waals surface area (Å²) >= 11 is 0. The molecule has 7 nitrogen and oxygen atoms in total. The molecule has 1 N–H and O–H groups in total. The van der Waals surface area contributed by atoms with Gasteiger partial charge in [0.25, 0.3) is 0 Å². The lowest BCUT2D eigenvalue weighted by Crippen LogP contribution is -2.48. The Morgan fingerprint density at radius 2 is 1.82 bits per heavy atom. The molecule has 152 valence electrons. The summed E-state index contributed by atoms with van der Waals surface area (Å²) < 4.78 is 36.4. The van der Waals surface area contributed by atoms with Crippen LogP contribution in [0.5, 0.6) is 11.5 Å². The van der Waals surface area contributed by atoms with E-state index in [1.807, 2.05) is 31.2 Å². The van der Waals surface area contributed by atoms with E-state index in [0.717, 1.165) is 16.1 Å². The number of ether oxygens (including phenoxy) is 2. The van der Waals surface area contributed by atoms with Crippen LogP contribution in [-0.4, -0.2) is 46.9 Å². The zero-order chi connectivity index (χ0) is 20.7. The minimum atomic E-state index is -3.68. The molecule has 0 radical (unpaired) electrons.